The lowest BCUT2D eigenvalue weighted by molar-refractivity contribution is 0.414. The molecule has 1 N–H and O–H groups in total. The van der Waals surface area contributed by atoms with E-state index in [2.05, 4.69) is 21.2 Å². The van der Waals surface area contributed by atoms with Crippen LogP contribution in [0.2, 0.25) is 0 Å². The molecule has 19 heavy (non-hydrogen) atoms. The van der Waals surface area contributed by atoms with E-state index in [4.69, 9.17) is 4.74 Å². The topological polar surface area (TPSA) is 21.3 Å². The number of methoxy groups -OCH3 is 1. The molecule has 0 aliphatic carbocycles. The molecule has 0 amide bonds. The molecule has 0 heterocycles. The fourth-order valence-electron chi connectivity index (χ4n) is 2.01. The molecule has 2 rings (SSSR count). The smallest absolute Gasteiger partial charge is 0.137 e. The quantitative estimate of drug-likeness (QED) is 0.921. The van der Waals surface area contributed by atoms with Crippen molar-refractivity contribution < 1.29 is 9.13 Å². The highest BCUT2D eigenvalue weighted by molar-refractivity contribution is 9.10. The van der Waals surface area contributed by atoms with Crippen LogP contribution in [0.1, 0.15) is 17.2 Å². The van der Waals surface area contributed by atoms with Crippen LogP contribution in [0.4, 0.5) is 4.39 Å². The van der Waals surface area contributed by atoms with E-state index in [9.17, 15) is 4.39 Å². The minimum absolute atomic E-state index is 0.0165. The van der Waals surface area contributed by atoms with Crippen molar-refractivity contribution in [2.75, 3.05) is 14.2 Å². The van der Waals surface area contributed by atoms with Gasteiger partial charge in [-0.2, -0.15) is 0 Å². The monoisotopic (exact) mass is 323 g/mol. The van der Waals surface area contributed by atoms with Crippen molar-refractivity contribution in [3.05, 3.63) is 63.9 Å². The van der Waals surface area contributed by atoms with Gasteiger partial charge in [-0.15, -0.1) is 0 Å². The van der Waals surface area contributed by atoms with Gasteiger partial charge in [0.1, 0.15) is 11.6 Å². The Morgan fingerprint density at radius 2 is 1.74 bits per heavy atom. The van der Waals surface area contributed by atoms with Crippen LogP contribution in [0.5, 0.6) is 5.75 Å². The Labute approximate surface area is 120 Å². The second-order valence-electron chi connectivity index (χ2n) is 4.17. The second kappa shape index (κ2) is 6.17. The Hall–Kier alpha value is -1.39. The van der Waals surface area contributed by atoms with Crippen LogP contribution in [0.15, 0.2) is 46.9 Å². The Kier molecular flexibility index (Phi) is 4.56. The summed E-state index contributed by atoms with van der Waals surface area (Å²) in [4.78, 5) is 0. The summed E-state index contributed by atoms with van der Waals surface area (Å²) in [7, 11) is 3.52. The standard InChI is InChI=1S/C15H15BrFNO/c1-18-15(10-3-6-12(19-2)7-4-10)11-5-8-14(17)13(16)9-11/h3-9,15,18H,1-2H3. The van der Waals surface area contributed by atoms with Gasteiger partial charge < -0.3 is 10.1 Å². The van der Waals surface area contributed by atoms with Gasteiger partial charge in [0.25, 0.3) is 0 Å². The largest absolute Gasteiger partial charge is 0.497 e. The third kappa shape index (κ3) is 3.14. The van der Waals surface area contributed by atoms with Gasteiger partial charge in [-0.3, -0.25) is 0 Å². The van der Waals surface area contributed by atoms with Crippen molar-refractivity contribution in [3.8, 4) is 5.75 Å². The number of ether oxygens (including phenoxy) is 1. The Bertz CT molecular complexity index is 557. The normalized spacial score (nSPS) is 12.2. The van der Waals surface area contributed by atoms with E-state index in [1.807, 2.05) is 31.3 Å². The minimum Gasteiger partial charge on any atom is -0.497 e. The van der Waals surface area contributed by atoms with Crippen molar-refractivity contribution in [3.63, 3.8) is 0 Å². The molecule has 100 valence electrons. The van der Waals surface area contributed by atoms with Crippen LogP contribution in [-0.2, 0) is 0 Å². The third-order valence-electron chi connectivity index (χ3n) is 3.01. The third-order valence-corrected chi connectivity index (χ3v) is 3.62. The van der Waals surface area contributed by atoms with Crippen LogP contribution >= 0.6 is 15.9 Å². The van der Waals surface area contributed by atoms with Crippen LogP contribution in [0, 0.1) is 5.82 Å². The van der Waals surface area contributed by atoms with E-state index in [-0.39, 0.29) is 11.9 Å². The van der Waals surface area contributed by atoms with E-state index in [1.54, 1.807) is 19.2 Å². The van der Waals surface area contributed by atoms with E-state index in [1.165, 1.54) is 6.07 Å². The Balaban J connectivity index is 2.34. The maximum absolute atomic E-state index is 13.3. The molecule has 0 bridgehead atoms. The molecule has 2 aromatic rings. The molecule has 0 aliphatic heterocycles. The van der Waals surface area contributed by atoms with Gasteiger partial charge in [-0.1, -0.05) is 18.2 Å². The van der Waals surface area contributed by atoms with E-state index >= 15 is 0 Å². The molecule has 1 unspecified atom stereocenters. The van der Waals surface area contributed by atoms with Gasteiger partial charge in [-0.25, -0.2) is 4.39 Å². The molecule has 4 heteroatoms. The summed E-state index contributed by atoms with van der Waals surface area (Å²) < 4.78 is 18.9. The zero-order valence-electron chi connectivity index (χ0n) is 10.8. The van der Waals surface area contributed by atoms with Crippen LogP contribution < -0.4 is 10.1 Å². The molecule has 0 fully saturated rings. The van der Waals surface area contributed by atoms with E-state index < -0.39 is 0 Å². The van der Waals surface area contributed by atoms with Gasteiger partial charge in [-0.05, 0) is 58.4 Å². The highest BCUT2D eigenvalue weighted by Gasteiger charge is 2.13. The lowest BCUT2D eigenvalue weighted by Crippen LogP contribution is -2.17. The van der Waals surface area contributed by atoms with Crippen molar-refractivity contribution in [2.45, 2.75) is 6.04 Å². The van der Waals surface area contributed by atoms with Crippen LogP contribution in [0.25, 0.3) is 0 Å². The molecule has 2 aromatic carbocycles. The highest BCUT2D eigenvalue weighted by atomic mass is 79.9. The average Bonchev–Trinajstić information content (AvgIpc) is 2.44. The fraction of sp³-hybridized carbons (Fsp3) is 0.200. The summed E-state index contributed by atoms with van der Waals surface area (Å²) in [5.74, 6) is 0.562. The molecule has 0 aromatic heterocycles. The zero-order valence-corrected chi connectivity index (χ0v) is 12.4. The maximum atomic E-state index is 13.3. The molecular weight excluding hydrogens is 309 g/mol. The Morgan fingerprint density at radius 1 is 1.11 bits per heavy atom. The molecule has 1 atom stereocenters. The molecular formula is C15H15BrFNO. The molecule has 0 radical (unpaired) electrons. The number of hydrogen-bond acceptors (Lipinski definition) is 2. The first-order valence-corrected chi connectivity index (χ1v) is 6.71. The molecule has 0 aliphatic rings. The minimum atomic E-state index is -0.256. The van der Waals surface area contributed by atoms with Gasteiger partial charge in [0, 0.05) is 0 Å². The van der Waals surface area contributed by atoms with Crippen molar-refractivity contribution in [2.24, 2.45) is 0 Å². The highest BCUT2D eigenvalue weighted by Crippen LogP contribution is 2.27. The molecule has 0 saturated carbocycles. The first-order chi connectivity index (χ1) is 9.15. The predicted molar refractivity (Wildman–Crippen MR) is 78.0 cm³/mol. The fourth-order valence-corrected chi connectivity index (χ4v) is 2.41. The first-order valence-electron chi connectivity index (χ1n) is 5.92. The van der Waals surface area contributed by atoms with E-state index in [0.717, 1.165) is 16.9 Å². The van der Waals surface area contributed by atoms with E-state index in [0.29, 0.717) is 4.47 Å². The first kappa shape index (κ1) is 14.0. The summed E-state index contributed by atoms with van der Waals surface area (Å²) in [6, 6.07) is 12.9. The Morgan fingerprint density at radius 3 is 2.26 bits per heavy atom. The summed E-state index contributed by atoms with van der Waals surface area (Å²) in [5, 5.41) is 3.23. The SMILES string of the molecule is CNC(c1ccc(OC)cc1)c1ccc(F)c(Br)c1. The number of nitrogens with one attached hydrogen (secondary N) is 1. The van der Waals surface area contributed by atoms with Crippen molar-refractivity contribution >= 4 is 15.9 Å². The summed E-state index contributed by atoms with van der Waals surface area (Å²) in [5.41, 5.74) is 2.10. The van der Waals surface area contributed by atoms with Gasteiger partial charge in [0.05, 0.1) is 17.6 Å². The second-order valence-corrected chi connectivity index (χ2v) is 5.02. The van der Waals surface area contributed by atoms with Crippen LogP contribution in [0.3, 0.4) is 0 Å². The number of rotatable bonds is 4. The summed E-state index contributed by atoms with van der Waals surface area (Å²) in [6.45, 7) is 0. The van der Waals surface area contributed by atoms with Gasteiger partial charge in [0.2, 0.25) is 0 Å². The molecule has 0 spiro atoms. The molecule has 2 nitrogen and oxygen atoms in total. The maximum Gasteiger partial charge on any atom is 0.137 e. The van der Waals surface area contributed by atoms with Crippen molar-refractivity contribution in [1.82, 2.24) is 5.32 Å². The number of benzene rings is 2. The number of halogens is 2. The summed E-state index contributed by atoms with van der Waals surface area (Å²) in [6.07, 6.45) is 0. The molecule has 0 saturated heterocycles. The zero-order chi connectivity index (χ0) is 13.8. The number of hydrogen-bond donors (Lipinski definition) is 1. The van der Waals surface area contributed by atoms with Gasteiger partial charge in [0.15, 0.2) is 0 Å². The average molecular weight is 324 g/mol. The predicted octanol–water partition coefficient (Wildman–Crippen LogP) is 3.91. The summed E-state index contributed by atoms with van der Waals surface area (Å²) >= 11 is 3.22. The lowest BCUT2D eigenvalue weighted by atomic mass is 9.99. The van der Waals surface area contributed by atoms with Crippen molar-refractivity contribution in [1.29, 1.82) is 0 Å². The van der Waals surface area contributed by atoms with Gasteiger partial charge >= 0.3 is 0 Å². The lowest BCUT2D eigenvalue weighted by Gasteiger charge is -2.18. The van der Waals surface area contributed by atoms with Crippen LogP contribution in [-0.4, -0.2) is 14.2 Å².